The highest BCUT2D eigenvalue weighted by Crippen LogP contribution is 2.44. The van der Waals surface area contributed by atoms with Gasteiger partial charge in [0.15, 0.2) is 0 Å². The van der Waals surface area contributed by atoms with Gasteiger partial charge in [0.25, 0.3) is 0 Å². The van der Waals surface area contributed by atoms with Crippen LogP contribution in [0.3, 0.4) is 0 Å². The molecular formula is C26H24ClN3O3. The number of amides is 2. The van der Waals surface area contributed by atoms with Crippen LogP contribution in [0.4, 0.5) is 10.5 Å². The quantitative estimate of drug-likeness (QED) is 0.346. The Morgan fingerprint density at radius 3 is 2.64 bits per heavy atom. The minimum atomic E-state index is -0.806. The standard InChI is InChI=1S/C26H24ClN3O3/c1-6-26(5)19-9-7-16(13-21(19)30(23(26)31)24(32)33-25(2,3)4)8-10-20-18-14-22(27)29-15-17(18)11-12-28-20/h7,9,11-15H,6H2,1-5H3. The van der Waals surface area contributed by atoms with E-state index in [0.29, 0.717) is 28.5 Å². The van der Waals surface area contributed by atoms with Crippen molar-refractivity contribution >= 4 is 40.1 Å². The van der Waals surface area contributed by atoms with E-state index < -0.39 is 17.1 Å². The van der Waals surface area contributed by atoms with Gasteiger partial charge < -0.3 is 4.74 Å². The van der Waals surface area contributed by atoms with E-state index in [1.54, 1.807) is 45.3 Å². The highest BCUT2D eigenvalue weighted by molar-refractivity contribution is 6.30. The molecule has 168 valence electrons. The van der Waals surface area contributed by atoms with E-state index >= 15 is 0 Å². The van der Waals surface area contributed by atoms with Crippen LogP contribution < -0.4 is 4.90 Å². The van der Waals surface area contributed by atoms with Gasteiger partial charge in [-0.05, 0) is 69.9 Å². The molecule has 0 saturated carbocycles. The highest BCUT2D eigenvalue weighted by atomic mass is 35.5. The number of pyridine rings is 2. The maximum absolute atomic E-state index is 13.3. The molecule has 3 aromatic rings. The Labute approximate surface area is 197 Å². The van der Waals surface area contributed by atoms with Crippen molar-refractivity contribution in [1.82, 2.24) is 9.97 Å². The molecule has 1 aromatic carbocycles. The first-order valence-electron chi connectivity index (χ1n) is 10.7. The molecule has 4 rings (SSSR count). The van der Waals surface area contributed by atoms with Crippen LogP contribution in [0.25, 0.3) is 10.8 Å². The molecule has 3 heterocycles. The van der Waals surface area contributed by atoms with E-state index in [-0.39, 0.29) is 5.91 Å². The molecular weight excluding hydrogens is 438 g/mol. The first-order chi connectivity index (χ1) is 15.5. The maximum Gasteiger partial charge on any atom is 0.421 e. The van der Waals surface area contributed by atoms with Gasteiger partial charge in [-0.15, -0.1) is 0 Å². The van der Waals surface area contributed by atoms with Crippen LogP contribution in [0.5, 0.6) is 0 Å². The second kappa shape index (κ2) is 8.17. The molecule has 2 aromatic heterocycles. The fourth-order valence-electron chi connectivity index (χ4n) is 3.83. The van der Waals surface area contributed by atoms with Gasteiger partial charge in [-0.1, -0.05) is 30.5 Å². The smallest absolute Gasteiger partial charge is 0.421 e. The SMILES string of the molecule is CCC1(C)C(=O)N(C(=O)OC(C)(C)C)c2cc(C#Cc3nccc4cnc(Cl)cc34)ccc21. The van der Waals surface area contributed by atoms with Gasteiger partial charge in [0.2, 0.25) is 5.91 Å². The minimum Gasteiger partial charge on any atom is -0.443 e. The van der Waals surface area contributed by atoms with Crippen molar-refractivity contribution in [1.29, 1.82) is 0 Å². The molecule has 0 spiro atoms. The summed E-state index contributed by atoms with van der Waals surface area (Å²) in [6, 6.07) is 9.04. The van der Waals surface area contributed by atoms with E-state index in [4.69, 9.17) is 16.3 Å². The number of hydrogen-bond acceptors (Lipinski definition) is 5. The number of aromatic nitrogens is 2. The van der Waals surface area contributed by atoms with Crippen molar-refractivity contribution in [3.63, 3.8) is 0 Å². The van der Waals surface area contributed by atoms with Crippen molar-refractivity contribution in [2.45, 2.75) is 52.1 Å². The zero-order valence-electron chi connectivity index (χ0n) is 19.2. The van der Waals surface area contributed by atoms with Crippen LogP contribution >= 0.6 is 11.6 Å². The lowest BCUT2D eigenvalue weighted by Gasteiger charge is -2.25. The number of anilines is 1. The van der Waals surface area contributed by atoms with Crippen LogP contribution in [0.2, 0.25) is 5.15 Å². The first-order valence-corrected chi connectivity index (χ1v) is 11.1. The average molecular weight is 462 g/mol. The van der Waals surface area contributed by atoms with Crippen molar-refractivity contribution in [3.8, 4) is 11.8 Å². The lowest BCUT2D eigenvalue weighted by atomic mass is 9.81. The molecule has 0 saturated heterocycles. The fraction of sp³-hybridized carbons (Fsp3) is 0.308. The van der Waals surface area contributed by atoms with Crippen LogP contribution in [0.1, 0.15) is 57.9 Å². The number of benzene rings is 1. The topological polar surface area (TPSA) is 72.4 Å². The summed E-state index contributed by atoms with van der Waals surface area (Å²) in [4.78, 5) is 35.8. The predicted octanol–water partition coefficient (Wildman–Crippen LogP) is 5.63. The summed E-state index contributed by atoms with van der Waals surface area (Å²) in [5, 5.41) is 2.05. The highest BCUT2D eigenvalue weighted by Gasteiger charge is 2.49. The summed E-state index contributed by atoms with van der Waals surface area (Å²) in [6.07, 6.45) is 3.21. The Morgan fingerprint density at radius 2 is 1.94 bits per heavy atom. The summed E-state index contributed by atoms with van der Waals surface area (Å²) in [6.45, 7) is 9.09. The number of fused-ring (bicyclic) bond motifs is 2. The van der Waals surface area contributed by atoms with Crippen LogP contribution in [-0.2, 0) is 14.9 Å². The van der Waals surface area contributed by atoms with Gasteiger partial charge in [-0.3, -0.25) is 4.79 Å². The molecule has 0 N–H and O–H groups in total. The van der Waals surface area contributed by atoms with Crippen LogP contribution in [-0.4, -0.2) is 27.6 Å². The Kier molecular flexibility index (Phi) is 5.63. The Morgan fingerprint density at radius 1 is 1.18 bits per heavy atom. The molecule has 1 aliphatic rings. The zero-order valence-corrected chi connectivity index (χ0v) is 19.9. The molecule has 1 aliphatic heterocycles. The third kappa shape index (κ3) is 4.17. The maximum atomic E-state index is 13.3. The number of rotatable bonds is 1. The second-order valence-electron chi connectivity index (χ2n) is 9.18. The van der Waals surface area contributed by atoms with Gasteiger partial charge >= 0.3 is 6.09 Å². The van der Waals surface area contributed by atoms with E-state index in [0.717, 1.165) is 21.2 Å². The average Bonchev–Trinajstić information content (AvgIpc) is 2.98. The van der Waals surface area contributed by atoms with Crippen molar-refractivity contribution < 1.29 is 14.3 Å². The molecule has 0 fully saturated rings. The summed E-state index contributed by atoms with van der Waals surface area (Å²) < 4.78 is 5.52. The Balaban J connectivity index is 1.78. The summed E-state index contributed by atoms with van der Waals surface area (Å²) in [7, 11) is 0. The van der Waals surface area contributed by atoms with Crippen LogP contribution in [0.15, 0.2) is 42.7 Å². The second-order valence-corrected chi connectivity index (χ2v) is 9.56. The molecule has 33 heavy (non-hydrogen) atoms. The van der Waals surface area contributed by atoms with Gasteiger partial charge in [-0.25, -0.2) is 19.7 Å². The lowest BCUT2D eigenvalue weighted by Crippen LogP contribution is -2.44. The number of halogens is 1. The molecule has 0 aliphatic carbocycles. The molecule has 1 atom stereocenters. The number of hydrogen-bond donors (Lipinski definition) is 0. The Hall–Kier alpha value is -3.43. The molecule has 2 amide bonds. The third-order valence-corrected chi connectivity index (χ3v) is 5.94. The van der Waals surface area contributed by atoms with E-state index in [1.807, 2.05) is 32.0 Å². The monoisotopic (exact) mass is 461 g/mol. The molecule has 1 unspecified atom stereocenters. The molecule has 6 nitrogen and oxygen atoms in total. The van der Waals surface area contributed by atoms with Crippen molar-refractivity contribution in [3.05, 3.63) is 64.7 Å². The van der Waals surface area contributed by atoms with Gasteiger partial charge in [0, 0.05) is 28.7 Å². The van der Waals surface area contributed by atoms with E-state index in [9.17, 15) is 9.59 Å². The van der Waals surface area contributed by atoms with Crippen molar-refractivity contribution in [2.75, 3.05) is 4.90 Å². The summed E-state index contributed by atoms with van der Waals surface area (Å²) in [5.74, 6) is 5.89. The molecule has 7 heteroatoms. The lowest BCUT2D eigenvalue weighted by molar-refractivity contribution is -0.122. The first kappa shape index (κ1) is 22.8. The molecule has 0 radical (unpaired) electrons. The summed E-state index contributed by atoms with van der Waals surface area (Å²) in [5.41, 5.74) is 0.969. The predicted molar refractivity (Wildman–Crippen MR) is 128 cm³/mol. The number of nitrogens with zero attached hydrogens (tertiary/aromatic N) is 3. The van der Waals surface area contributed by atoms with Gasteiger partial charge in [0.1, 0.15) is 16.4 Å². The van der Waals surface area contributed by atoms with E-state index in [2.05, 4.69) is 21.8 Å². The third-order valence-electron chi connectivity index (χ3n) is 5.73. The number of carbonyl (C=O) groups is 2. The number of carbonyl (C=O) groups excluding carboxylic acids is 2. The molecule has 0 bridgehead atoms. The fourth-order valence-corrected chi connectivity index (χ4v) is 3.99. The van der Waals surface area contributed by atoms with Crippen LogP contribution in [0, 0.1) is 11.8 Å². The number of ether oxygens (including phenoxy) is 1. The van der Waals surface area contributed by atoms with Gasteiger partial charge in [-0.2, -0.15) is 0 Å². The zero-order chi connectivity index (χ0) is 24.0. The number of imide groups is 1. The largest absolute Gasteiger partial charge is 0.443 e. The van der Waals surface area contributed by atoms with Gasteiger partial charge in [0.05, 0.1) is 11.1 Å². The van der Waals surface area contributed by atoms with Crippen molar-refractivity contribution in [2.24, 2.45) is 0 Å². The Bertz CT molecular complexity index is 1350. The summed E-state index contributed by atoms with van der Waals surface area (Å²) >= 11 is 6.05. The minimum absolute atomic E-state index is 0.294. The normalized spacial score (nSPS) is 17.5. The van der Waals surface area contributed by atoms with E-state index in [1.165, 1.54) is 0 Å².